The monoisotopic (exact) mass is 437 g/mol. The minimum Gasteiger partial charge on any atom is -0.465 e. The minimum absolute atomic E-state index is 0.00271. The highest BCUT2D eigenvalue weighted by Crippen LogP contribution is 2.22. The Balaban J connectivity index is 1.71. The van der Waals surface area contributed by atoms with E-state index < -0.39 is 30.3 Å². The number of fused-ring (bicyclic) bond motifs is 1. The summed E-state index contributed by atoms with van der Waals surface area (Å²) in [6, 6.07) is 14.5. The van der Waals surface area contributed by atoms with Crippen LogP contribution in [0.15, 0.2) is 54.7 Å². The smallest absolute Gasteiger partial charge is 0.340 e. The van der Waals surface area contributed by atoms with Crippen LogP contribution in [0.2, 0.25) is 0 Å². The fourth-order valence-corrected chi connectivity index (χ4v) is 3.27. The second kappa shape index (κ2) is 10.2. The maximum atomic E-state index is 14.1. The van der Waals surface area contributed by atoms with Gasteiger partial charge >= 0.3 is 11.9 Å². The number of esters is 2. The Labute approximate surface area is 183 Å². The molecule has 1 amide bonds. The van der Waals surface area contributed by atoms with Gasteiger partial charge in [0.05, 0.1) is 30.9 Å². The summed E-state index contributed by atoms with van der Waals surface area (Å²) in [7, 11) is 1.27. The van der Waals surface area contributed by atoms with Gasteiger partial charge in [-0.15, -0.1) is 0 Å². The van der Waals surface area contributed by atoms with E-state index in [1.54, 1.807) is 30.3 Å². The number of ether oxygens (including phenoxy) is 2. The lowest BCUT2D eigenvalue weighted by Gasteiger charge is -2.22. The first-order chi connectivity index (χ1) is 15.5. The standard InChI is InChI=1S/C23H20FN3O5/c1-31-23(30)17-13-26(19-9-4-2-7-16(17)19)14-22(29)32-15-21(28)27(12-6-11-25)20-10-5-3-8-18(20)24/h2-5,7-10,13H,6,12,14-15H2,1H3. The lowest BCUT2D eigenvalue weighted by molar-refractivity contribution is -0.148. The highest BCUT2D eigenvalue weighted by molar-refractivity contribution is 6.04. The van der Waals surface area contributed by atoms with Crippen molar-refractivity contribution in [1.82, 2.24) is 4.57 Å². The van der Waals surface area contributed by atoms with E-state index in [1.807, 2.05) is 6.07 Å². The molecule has 0 aliphatic heterocycles. The first-order valence-corrected chi connectivity index (χ1v) is 9.70. The Bertz CT molecular complexity index is 1200. The molecular formula is C23H20FN3O5. The van der Waals surface area contributed by atoms with Crippen LogP contribution in [0, 0.1) is 17.1 Å². The number of amides is 1. The van der Waals surface area contributed by atoms with E-state index >= 15 is 0 Å². The third kappa shape index (κ3) is 4.92. The van der Waals surface area contributed by atoms with E-state index in [4.69, 9.17) is 14.7 Å². The maximum absolute atomic E-state index is 14.1. The zero-order valence-corrected chi connectivity index (χ0v) is 17.3. The summed E-state index contributed by atoms with van der Waals surface area (Å²) >= 11 is 0. The van der Waals surface area contributed by atoms with Crippen LogP contribution in [-0.2, 0) is 25.6 Å². The van der Waals surface area contributed by atoms with Gasteiger partial charge in [-0.1, -0.05) is 30.3 Å². The van der Waals surface area contributed by atoms with Crippen molar-refractivity contribution in [3.8, 4) is 6.07 Å². The molecular weight excluding hydrogens is 417 g/mol. The van der Waals surface area contributed by atoms with Crippen LogP contribution < -0.4 is 4.90 Å². The van der Waals surface area contributed by atoms with Crippen LogP contribution in [0.3, 0.4) is 0 Å². The lowest BCUT2D eigenvalue weighted by Crippen LogP contribution is -2.36. The number of benzene rings is 2. The zero-order chi connectivity index (χ0) is 23.1. The van der Waals surface area contributed by atoms with Crippen molar-refractivity contribution in [3.05, 3.63) is 66.1 Å². The van der Waals surface area contributed by atoms with Gasteiger partial charge in [0.25, 0.3) is 5.91 Å². The zero-order valence-electron chi connectivity index (χ0n) is 17.3. The number of hydrogen-bond acceptors (Lipinski definition) is 6. The van der Waals surface area contributed by atoms with Crippen LogP contribution in [0.4, 0.5) is 10.1 Å². The van der Waals surface area contributed by atoms with Gasteiger partial charge in [-0.2, -0.15) is 5.26 Å². The molecule has 3 aromatic rings. The largest absolute Gasteiger partial charge is 0.465 e. The van der Waals surface area contributed by atoms with Gasteiger partial charge in [0, 0.05) is 23.6 Å². The molecule has 0 aliphatic rings. The molecule has 164 valence electrons. The molecule has 1 aromatic heterocycles. The predicted octanol–water partition coefficient (Wildman–Crippen LogP) is 3.06. The third-order valence-electron chi connectivity index (χ3n) is 4.74. The molecule has 32 heavy (non-hydrogen) atoms. The Morgan fingerprint density at radius 2 is 1.84 bits per heavy atom. The number of aromatic nitrogens is 1. The number of hydrogen-bond donors (Lipinski definition) is 0. The van der Waals surface area contributed by atoms with Crippen molar-refractivity contribution >= 4 is 34.4 Å². The number of carbonyl (C=O) groups is 3. The molecule has 0 spiro atoms. The second-order valence-corrected chi connectivity index (χ2v) is 6.74. The van der Waals surface area contributed by atoms with Crippen molar-refractivity contribution in [2.24, 2.45) is 0 Å². The number of para-hydroxylation sites is 2. The number of anilines is 1. The van der Waals surface area contributed by atoms with Crippen LogP contribution in [0.1, 0.15) is 16.8 Å². The van der Waals surface area contributed by atoms with Gasteiger partial charge in [-0.05, 0) is 18.2 Å². The second-order valence-electron chi connectivity index (χ2n) is 6.74. The van der Waals surface area contributed by atoms with Crippen LogP contribution in [0.25, 0.3) is 10.9 Å². The number of methoxy groups -OCH3 is 1. The van der Waals surface area contributed by atoms with Gasteiger partial charge in [-0.25, -0.2) is 9.18 Å². The summed E-state index contributed by atoms with van der Waals surface area (Å²) in [6.07, 6.45) is 1.47. The number of nitrogens with zero attached hydrogens (tertiary/aromatic N) is 3. The molecule has 0 aliphatic carbocycles. The van der Waals surface area contributed by atoms with Crippen molar-refractivity contribution < 1.29 is 28.2 Å². The van der Waals surface area contributed by atoms with E-state index in [0.29, 0.717) is 16.5 Å². The molecule has 1 heterocycles. The molecule has 2 aromatic carbocycles. The molecule has 8 nitrogen and oxygen atoms in total. The van der Waals surface area contributed by atoms with Crippen molar-refractivity contribution in [1.29, 1.82) is 5.26 Å². The number of carbonyl (C=O) groups excluding carboxylic acids is 3. The van der Waals surface area contributed by atoms with Crippen LogP contribution >= 0.6 is 0 Å². The molecule has 0 saturated carbocycles. The number of rotatable bonds is 8. The fourth-order valence-electron chi connectivity index (χ4n) is 3.27. The first kappa shape index (κ1) is 22.5. The molecule has 0 radical (unpaired) electrons. The number of nitriles is 1. The Morgan fingerprint density at radius 3 is 2.56 bits per heavy atom. The third-order valence-corrected chi connectivity index (χ3v) is 4.74. The SMILES string of the molecule is COC(=O)c1cn(CC(=O)OCC(=O)N(CCC#N)c2ccccc2F)c2ccccc12. The van der Waals surface area contributed by atoms with Crippen LogP contribution in [-0.4, -0.2) is 42.7 Å². The molecule has 3 rings (SSSR count). The summed E-state index contributed by atoms with van der Waals surface area (Å²) in [5.41, 5.74) is 0.926. The normalized spacial score (nSPS) is 10.4. The van der Waals surface area contributed by atoms with E-state index in [9.17, 15) is 18.8 Å². The molecule has 0 N–H and O–H groups in total. The van der Waals surface area contributed by atoms with Gasteiger partial charge in [0.2, 0.25) is 0 Å². The van der Waals surface area contributed by atoms with Gasteiger partial charge < -0.3 is 18.9 Å². The van der Waals surface area contributed by atoms with Gasteiger partial charge in [0.15, 0.2) is 6.61 Å². The van der Waals surface area contributed by atoms with E-state index in [1.165, 1.54) is 36.1 Å². The summed E-state index contributed by atoms with van der Waals surface area (Å²) in [5.74, 6) is -2.55. The van der Waals surface area contributed by atoms with E-state index in [-0.39, 0.29) is 25.2 Å². The summed E-state index contributed by atoms with van der Waals surface area (Å²) in [6.45, 7) is -0.914. The topological polar surface area (TPSA) is 102 Å². The van der Waals surface area contributed by atoms with Gasteiger partial charge in [-0.3, -0.25) is 9.59 Å². The summed E-state index contributed by atoms with van der Waals surface area (Å²) < 4.78 is 25.5. The first-order valence-electron chi connectivity index (χ1n) is 9.70. The summed E-state index contributed by atoms with van der Waals surface area (Å²) in [4.78, 5) is 38.1. The van der Waals surface area contributed by atoms with Crippen molar-refractivity contribution in [2.75, 3.05) is 25.2 Å². The molecule has 0 saturated heterocycles. The Morgan fingerprint density at radius 1 is 1.12 bits per heavy atom. The summed E-state index contributed by atoms with van der Waals surface area (Å²) in [5, 5.41) is 9.45. The van der Waals surface area contributed by atoms with E-state index in [0.717, 1.165) is 4.90 Å². The van der Waals surface area contributed by atoms with Gasteiger partial charge in [0.1, 0.15) is 12.4 Å². The minimum atomic E-state index is -0.718. The fraction of sp³-hybridized carbons (Fsp3) is 0.217. The highest BCUT2D eigenvalue weighted by Gasteiger charge is 2.21. The van der Waals surface area contributed by atoms with Crippen molar-refractivity contribution in [2.45, 2.75) is 13.0 Å². The highest BCUT2D eigenvalue weighted by atomic mass is 19.1. The predicted molar refractivity (Wildman–Crippen MR) is 113 cm³/mol. The average Bonchev–Trinajstić information content (AvgIpc) is 3.17. The molecule has 0 atom stereocenters. The quantitative estimate of drug-likeness (QED) is 0.502. The molecule has 0 bridgehead atoms. The molecule has 0 fully saturated rings. The maximum Gasteiger partial charge on any atom is 0.340 e. The van der Waals surface area contributed by atoms with E-state index in [2.05, 4.69) is 0 Å². The molecule has 9 heteroatoms. The van der Waals surface area contributed by atoms with Crippen LogP contribution in [0.5, 0.6) is 0 Å². The lowest BCUT2D eigenvalue weighted by atomic mass is 10.2. The average molecular weight is 437 g/mol. The Hall–Kier alpha value is -4.19. The van der Waals surface area contributed by atoms with Crippen molar-refractivity contribution in [3.63, 3.8) is 0 Å². The molecule has 0 unspecified atom stereocenters. The Kier molecular flexibility index (Phi) is 7.18. The number of halogens is 1.